The molecule has 1 heterocycles. The minimum atomic E-state index is -0.203. The number of amides is 1. The van der Waals surface area contributed by atoms with Crippen LogP contribution in [0.1, 0.15) is 17.3 Å². The number of Topliss-reactive ketones (excluding diaryl/α,β-unsaturated/α-hetero) is 1. The molecule has 0 spiro atoms. The molecule has 108 valence electrons. The van der Waals surface area contributed by atoms with Gasteiger partial charge >= 0.3 is 0 Å². The van der Waals surface area contributed by atoms with Gasteiger partial charge in [-0.15, -0.1) is 0 Å². The van der Waals surface area contributed by atoms with Crippen molar-refractivity contribution in [3.8, 4) is 0 Å². The van der Waals surface area contributed by atoms with Gasteiger partial charge in [-0.2, -0.15) is 0 Å². The maximum absolute atomic E-state index is 11.9. The summed E-state index contributed by atoms with van der Waals surface area (Å²) < 4.78 is 0. The van der Waals surface area contributed by atoms with E-state index in [0.717, 1.165) is 0 Å². The lowest BCUT2D eigenvalue weighted by atomic mass is 10.1. The van der Waals surface area contributed by atoms with Crippen LogP contribution >= 0.6 is 11.8 Å². The van der Waals surface area contributed by atoms with E-state index in [-0.39, 0.29) is 17.4 Å². The Balaban J connectivity index is 1.95. The predicted octanol–water partition coefficient (Wildman–Crippen LogP) is 1.99. The molecule has 0 atom stereocenters. The van der Waals surface area contributed by atoms with Crippen LogP contribution in [0.5, 0.6) is 0 Å². The summed E-state index contributed by atoms with van der Waals surface area (Å²) in [7, 11) is 0. The molecule has 0 aliphatic carbocycles. The zero-order valence-corrected chi connectivity index (χ0v) is 12.2. The first kappa shape index (κ1) is 15.0. The maximum atomic E-state index is 11.9. The van der Waals surface area contributed by atoms with Crippen molar-refractivity contribution in [2.24, 2.45) is 0 Å². The van der Waals surface area contributed by atoms with Crippen LogP contribution in [-0.4, -0.2) is 27.4 Å². The van der Waals surface area contributed by atoms with Gasteiger partial charge in [0, 0.05) is 23.6 Å². The molecule has 6 nitrogen and oxygen atoms in total. The summed E-state index contributed by atoms with van der Waals surface area (Å²) in [5.41, 5.74) is 6.79. The van der Waals surface area contributed by atoms with E-state index in [1.807, 2.05) is 0 Å². The summed E-state index contributed by atoms with van der Waals surface area (Å²) in [6.07, 6.45) is 3.01. The van der Waals surface area contributed by atoms with Crippen molar-refractivity contribution in [2.75, 3.05) is 16.8 Å². The summed E-state index contributed by atoms with van der Waals surface area (Å²) in [4.78, 5) is 31.1. The molecule has 2 rings (SSSR count). The number of aromatic nitrogens is 2. The number of carbonyl (C=O) groups excluding carboxylic acids is 2. The number of ketones is 1. The number of benzene rings is 1. The van der Waals surface area contributed by atoms with Crippen molar-refractivity contribution in [3.63, 3.8) is 0 Å². The van der Waals surface area contributed by atoms with E-state index in [1.165, 1.54) is 31.1 Å². The van der Waals surface area contributed by atoms with E-state index in [1.54, 1.807) is 24.3 Å². The summed E-state index contributed by atoms with van der Waals surface area (Å²) in [5, 5.41) is 3.24. The third-order valence-electron chi connectivity index (χ3n) is 2.58. The largest absolute Gasteiger partial charge is 0.381 e. The van der Waals surface area contributed by atoms with Gasteiger partial charge in [-0.1, -0.05) is 23.9 Å². The van der Waals surface area contributed by atoms with Gasteiger partial charge in [0.05, 0.1) is 5.75 Å². The first-order chi connectivity index (χ1) is 10.1. The van der Waals surface area contributed by atoms with Crippen LogP contribution in [0.25, 0.3) is 0 Å². The van der Waals surface area contributed by atoms with Crippen LogP contribution in [0.3, 0.4) is 0 Å². The molecule has 7 heteroatoms. The fourth-order valence-electron chi connectivity index (χ4n) is 1.59. The van der Waals surface area contributed by atoms with Crippen LogP contribution in [0.2, 0.25) is 0 Å². The maximum Gasteiger partial charge on any atom is 0.234 e. The highest BCUT2D eigenvalue weighted by Crippen LogP contribution is 2.20. The van der Waals surface area contributed by atoms with Gasteiger partial charge < -0.3 is 11.1 Å². The van der Waals surface area contributed by atoms with E-state index in [0.29, 0.717) is 22.1 Å². The molecule has 0 saturated carbocycles. The number of nitrogens with two attached hydrogens (primary N) is 1. The van der Waals surface area contributed by atoms with Gasteiger partial charge in [0.25, 0.3) is 0 Å². The summed E-state index contributed by atoms with van der Waals surface area (Å²) in [6.45, 7) is 1.48. The van der Waals surface area contributed by atoms with Crippen LogP contribution in [0.4, 0.5) is 11.5 Å². The average molecular weight is 302 g/mol. The van der Waals surface area contributed by atoms with Gasteiger partial charge in [-0.05, 0) is 19.1 Å². The van der Waals surface area contributed by atoms with Crippen molar-refractivity contribution in [2.45, 2.75) is 11.9 Å². The van der Waals surface area contributed by atoms with Gasteiger partial charge in [0.1, 0.15) is 5.03 Å². The first-order valence-corrected chi connectivity index (χ1v) is 7.15. The summed E-state index contributed by atoms with van der Waals surface area (Å²) in [6, 6.07) is 6.79. The Kier molecular flexibility index (Phi) is 4.89. The fourth-order valence-corrected chi connectivity index (χ4v) is 2.27. The quantitative estimate of drug-likeness (QED) is 0.647. The number of anilines is 2. The lowest BCUT2D eigenvalue weighted by Gasteiger charge is -2.06. The predicted molar refractivity (Wildman–Crippen MR) is 82.2 cm³/mol. The SMILES string of the molecule is CC(=O)c1cccc(NC(=O)CSc2nccnc2N)c1. The van der Waals surface area contributed by atoms with Gasteiger partial charge in [-0.25, -0.2) is 9.97 Å². The van der Waals surface area contributed by atoms with Crippen molar-refractivity contribution >= 4 is 35.0 Å². The second-order valence-electron chi connectivity index (χ2n) is 4.22. The highest BCUT2D eigenvalue weighted by Gasteiger charge is 2.08. The summed E-state index contributed by atoms with van der Waals surface area (Å²) >= 11 is 1.21. The van der Waals surface area contributed by atoms with Crippen molar-refractivity contribution < 1.29 is 9.59 Å². The molecule has 1 aromatic carbocycles. The highest BCUT2D eigenvalue weighted by atomic mass is 32.2. The first-order valence-electron chi connectivity index (χ1n) is 6.16. The lowest BCUT2D eigenvalue weighted by Crippen LogP contribution is -2.14. The Hall–Kier alpha value is -2.41. The Morgan fingerprint density at radius 2 is 2.05 bits per heavy atom. The molecule has 0 saturated heterocycles. The Bertz CT molecular complexity index is 676. The lowest BCUT2D eigenvalue weighted by molar-refractivity contribution is -0.113. The number of nitrogen functional groups attached to an aromatic ring is 1. The van der Waals surface area contributed by atoms with Crippen LogP contribution in [-0.2, 0) is 4.79 Å². The minimum absolute atomic E-state index is 0.0483. The second-order valence-corrected chi connectivity index (χ2v) is 5.18. The molecule has 1 aromatic heterocycles. The van der Waals surface area contributed by atoms with E-state index >= 15 is 0 Å². The molecule has 0 radical (unpaired) electrons. The average Bonchev–Trinajstić information content (AvgIpc) is 2.46. The molecule has 3 N–H and O–H groups in total. The standard InChI is InChI=1S/C14H14N4O2S/c1-9(19)10-3-2-4-11(7-10)18-12(20)8-21-14-13(15)16-5-6-17-14/h2-7H,8H2,1H3,(H2,15,16)(H,18,20). The smallest absolute Gasteiger partial charge is 0.234 e. The zero-order valence-electron chi connectivity index (χ0n) is 11.4. The number of carbonyl (C=O) groups is 2. The molecular weight excluding hydrogens is 288 g/mol. The molecule has 1 amide bonds. The number of rotatable bonds is 5. The number of nitrogens with zero attached hydrogens (tertiary/aromatic N) is 2. The number of thioether (sulfide) groups is 1. The van der Waals surface area contributed by atoms with E-state index < -0.39 is 0 Å². The minimum Gasteiger partial charge on any atom is -0.381 e. The Labute approximate surface area is 126 Å². The fraction of sp³-hybridized carbons (Fsp3) is 0.143. The monoisotopic (exact) mass is 302 g/mol. The van der Waals surface area contributed by atoms with E-state index in [9.17, 15) is 9.59 Å². The third kappa shape index (κ3) is 4.28. The molecular formula is C14H14N4O2S. The molecule has 0 aliphatic rings. The third-order valence-corrected chi connectivity index (χ3v) is 3.58. The van der Waals surface area contributed by atoms with E-state index in [4.69, 9.17) is 5.73 Å². The number of hydrogen-bond acceptors (Lipinski definition) is 6. The number of nitrogens with one attached hydrogen (secondary N) is 1. The topological polar surface area (TPSA) is 98.0 Å². The van der Waals surface area contributed by atoms with Gasteiger partial charge in [0.2, 0.25) is 5.91 Å². The molecule has 0 unspecified atom stereocenters. The van der Waals surface area contributed by atoms with Crippen LogP contribution < -0.4 is 11.1 Å². The van der Waals surface area contributed by atoms with Crippen LogP contribution in [0, 0.1) is 0 Å². The van der Waals surface area contributed by atoms with Gasteiger partial charge in [-0.3, -0.25) is 9.59 Å². The highest BCUT2D eigenvalue weighted by molar-refractivity contribution is 8.00. The molecule has 0 bridgehead atoms. The van der Waals surface area contributed by atoms with E-state index in [2.05, 4.69) is 15.3 Å². The molecule has 0 fully saturated rings. The van der Waals surface area contributed by atoms with Gasteiger partial charge in [0.15, 0.2) is 11.6 Å². The number of hydrogen-bond donors (Lipinski definition) is 2. The second kappa shape index (κ2) is 6.85. The summed E-state index contributed by atoms with van der Waals surface area (Å²) in [5.74, 6) is 0.208. The van der Waals surface area contributed by atoms with Crippen molar-refractivity contribution in [3.05, 3.63) is 42.2 Å². The van der Waals surface area contributed by atoms with Crippen molar-refractivity contribution in [1.82, 2.24) is 9.97 Å². The molecule has 2 aromatic rings. The molecule has 0 aliphatic heterocycles. The Morgan fingerprint density at radius 3 is 2.76 bits per heavy atom. The van der Waals surface area contributed by atoms with Crippen LogP contribution in [0.15, 0.2) is 41.7 Å². The molecule has 21 heavy (non-hydrogen) atoms. The normalized spacial score (nSPS) is 10.1. The zero-order chi connectivity index (χ0) is 15.2. The Morgan fingerprint density at radius 1 is 1.29 bits per heavy atom. The van der Waals surface area contributed by atoms with Crippen molar-refractivity contribution in [1.29, 1.82) is 0 Å².